The SMILES string of the molecule is CN1CCN(C(=O)c2cccc(N)c2Br)CC1(C)C. The van der Waals surface area contributed by atoms with Gasteiger partial charge in [0, 0.05) is 30.9 Å². The average molecular weight is 326 g/mol. The quantitative estimate of drug-likeness (QED) is 0.805. The highest BCUT2D eigenvalue weighted by Gasteiger charge is 2.34. The maximum absolute atomic E-state index is 12.6. The number of nitrogens with zero attached hydrogens (tertiary/aromatic N) is 2. The van der Waals surface area contributed by atoms with Crippen molar-refractivity contribution >= 4 is 27.5 Å². The van der Waals surface area contributed by atoms with Crippen LogP contribution in [0.4, 0.5) is 5.69 Å². The lowest BCUT2D eigenvalue weighted by Crippen LogP contribution is -2.58. The number of halogens is 1. The van der Waals surface area contributed by atoms with Gasteiger partial charge in [0.05, 0.1) is 10.0 Å². The lowest BCUT2D eigenvalue weighted by atomic mass is 9.99. The first kappa shape index (κ1) is 14.3. The molecule has 1 aliphatic rings. The highest BCUT2D eigenvalue weighted by molar-refractivity contribution is 9.10. The Kier molecular flexibility index (Phi) is 3.87. The van der Waals surface area contributed by atoms with E-state index in [0.29, 0.717) is 15.7 Å². The van der Waals surface area contributed by atoms with Crippen molar-refractivity contribution in [1.82, 2.24) is 9.80 Å². The summed E-state index contributed by atoms with van der Waals surface area (Å²) in [6.45, 7) is 6.67. The molecule has 19 heavy (non-hydrogen) atoms. The van der Waals surface area contributed by atoms with Crippen LogP contribution in [0, 0.1) is 0 Å². The minimum atomic E-state index is 0.000706. The summed E-state index contributed by atoms with van der Waals surface area (Å²) in [6.07, 6.45) is 0. The number of likely N-dealkylation sites (N-methyl/N-ethyl adjacent to an activating group) is 1. The number of anilines is 1. The van der Waals surface area contributed by atoms with Crippen LogP contribution in [-0.2, 0) is 0 Å². The maximum atomic E-state index is 12.6. The minimum absolute atomic E-state index is 0.000706. The van der Waals surface area contributed by atoms with Gasteiger partial charge in [-0.25, -0.2) is 0 Å². The van der Waals surface area contributed by atoms with Crippen LogP contribution in [0.1, 0.15) is 24.2 Å². The van der Waals surface area contributed by atoms with Crippen molar-refractivity contribution in [2.24, 2.45) is 0 Å². The Bertz CT molecular complexity index is 501. The Labute approximate surface area is 122 Å². The second kappa shape index (κ2) is 5.13. The zero-order chi connectivity index (χ0) is 14.2. The van der Waals surface area contributed by atoms with E-state index in [1.54, 1.807) is 6.07 Å². The molecule has 0 aromatic heterocycles. The molecule has 1 aromatic rings. The lowest BCUT2D eigenvalue weighted by Gasteiger charge is -2.45. The molecule has 1 heterocycles. The molecule has 0 aliphatic carbocycles. The summed E-state index contributed by atoms with van der Waals surface area (Å²) in [5.74, 6) is 0.0420. The molecule has 1 amide bonds. The molecule has 2 N–H and O–H groups in total. The smallest absolute Gasteiger partial charge is 0.255 e. The Morgan fingerprint density at radius 1 is 1.37 bits per heavy atom. The Morgan fingerprint density at radius 2 is 2.05 bits per heavy atom. The first-order chi connectivity index (χ1) is 8.83. The molecular formula is C14H20BrN3O. The van der Waals surface area contributed by atoms with Gasteiger partial charge in [-0.1, -0.05) is 6.07 Å². The van der Waals surface area contributed by atoms with Gasteiger partial charge in [-0.15, -0.1) is 0 Å². The molecule has 104 valence electrons. The van der Waals surface area contributed by atoms with Gasteiger partial charge in [-0.3, -0.25) is 9.69 Å². The molecule has 0 atom stereocenters. The van der Waals surface area contributed by atoms with Gasteiger partial charge < -0.3 is 10.6 Å². The van der Waals surface area contributed by atoms with Crippen molar-refractivity contribution < 1.29 is 4.79 Å². The minimum Gasteiger partial charge on any atom is -0.398 e. The van der Waals surface area contributed by atoms with Gasteiger partial charge >= 0.3 is 0 Å². The van der Waals surface area contributed by atoms with Crippen molar-refractivity contribution in [1.29, 1.82) is 0 Å². The third-order valence-electron chi connectivity index (χ3n) is 3.86. The van der Waals surface area contributed by atoms with Crippen LogP contribution in [-0.4, -0.2) is 47.9 Å². The van der Waals surface area contributed by atoms with Crippen LogP contribution in [0.5, 0.6) is 0 Å². The third kappa shape index (κ3) is 2.77. The highest BCUT2D eigenvalue weighted by Crippen LogP contribution is 2.27. The Balaban J connectivity index is 2.23. The molecular weight excluding hydrogens is 306 g/mol. The third-order valence-corrected chi connectivity index (χ3v) is 4.75. The predicted octanol–water partition coefficient (Wildman–Crippen LogP) is 2.20. The molecule has 0 spiro atoms. The summed E-state index contributed by atoms with van der Waals surface area (Å²) in [5, 5.41) is 0. The standard InChI is InChI=1S/C14H20BrN3O/c1-14(2)9-18(8-7-17(14)3)13(19)10-5-4-6-11(16)12(10)15/h4-6H,7-9,16H2,1-3H3. The number of carbonyl (C=O) groups is 1. The van der Waals surface area contributed by atoms with Crippen molar-refractivity contribution in [3.8, 4) is 0 Å². The van der Waals surface area contributed by atoms with Gasteiger partial charge in [0.1, 0.15) is 0 Å². The fourth-order valence-corrected chi connectivity index (χ4v) is 2.73. The van der Waals surface area contributed by atoms with Gasteiger partial charge in [0.25, 0.3) is 5.91 Å². The summed E-state index contributed by atoms with van der Waals surface area (Å²) >= 11 is 3.40. The molecule has 1 aromatic carbocycles. The van der Waals surface area contributed by atoms with E-state index >= 15 is 0 Å². The second-order valence-electron chi connectivity index (χ2n) is 5.67. The Hall–Kier alpha value is -1.07. The van der Waals surface area contributed by atoms with E-state index in [9.17, 15) is 4.79 Å². The zero-order valence-corrected chi connectivity index (χ0v) is 13.2. The molecule has 2 rings (SSSR count). The van der Waals surface area contributed by atoms with Crippen LogP contribution in [0.3, 0.4) is 0 Å². The van der Waals surface area contributed by atoms with E-state index in [4.69, 9.17) is 5.73 Å². The molecule has 1 saturated heterocycles. The molecule has 0 unspecified atom stereocenters. The van der Waals surface area contributed by atoms with Crippen LogP contribution >= 0.6 is 15.9 Å². The molecule has 0 bridgehead atoms. The van der Waals surface area contributed by atoms with Gasteiger partial charge in [0.2, 0.25) is 0 Å². The van der Waals surface area contributed by atoms with E-state index in [1.807, 2.05) is 17.0 Å². The molecule has 4 nitrogen and oxygen atoms in total. The fourth-order valence-electron chi connectivity index (χ4n) is 2.30. The first-order valence-electron chi connectivity index (χ1n) is 6.37. The van der Waals surface area contributed by atoms with Crippen molar-refractivity contribution in [2.45, 2.75) is 19.4 Å². The fraction of sp³-hybridized carbons (Fsp3) is 0.500. The number of hydrogen-bond donors (Lipinski definition) is 1. The van der Waals surface area contributed by atoms with Crippen molar-refractivity contribution in [3.63, 3.8) is 0 Å². The van der Waals surface area contributed by atoms with Crippen LogP contribution in [0.15, 0.2) is 22.7 Å². The number of rotatable bonds is 1. The summed E-state index contributed by atoms with van der Waals surface area (Å²) in [6, 6.07) is 5.41. The number of hydrogen-bond acceptors (Lipinski definition) is 3. The number of benzene rings is 1. The number of carbonyl (C=O) groups excluding carboxylic acids is 1. The second-order valence-corrected chi connectivity index (χ2v) is 6.46. The maximum Gasteiger partial charge on any atom is 0.255 e. The highest BCUT2D eigenvalue weighted by atomic mass is 79.9. The number of amides is 1. The number of piperazine rings is 1. The summed E-state index contributed by atoms with van der Waals surface area (Å²) < 4.78 is 0.691. The molecule has 1 fully saturated rings. The number of nitrogen functional groups attached to an aromatic ring is 1. The van der Waals surface area contributed by atoms with Gasteiger partial charge in [0.15, 0.2) is 0 Å². The topological polar surface area (TPSA) is 49.6 Å². The lowest BCUT2D eigenvalue weighted by molar-refractivity contribution is 0.0311. The monoisotopic (exact) mass is 325 g/mol. The predicted molar refractivity (Wildman–Crippen MR) is 81.2 cm³/mol. The van der Waals surface area contributed by atoms with Crippen molar-refractivity contribution in [2.75, 3.05) is 32.4 Å². The first-order valence-corrected chi connectivity index (χ1v) is 7.17. The summed E-state index contributed by atoms with van der Waals surface area (Å²) in [7, 11) is 2.10. The van der Waals surface area contributed by atoms with Crippen LogP contribution < -0.4 is 5.73 Å². The molecule has 5 heteroatoms. The van der Waals surface area contributed by atoms with E-state index in [1.165, 1.54) is 0 Å². The van der Waals surface area contributed by atoms with E-state index < -0.39 is 0 Å². The van der Waals surface area contributed by atoms with E-state index in [0.717, 1.165) is 19.6 Å². The van der Waals surface area contributed by atoms with Gasteiger partial charge in [-0.05, 0) is 49.0 Å². The molecule has 0 radical (unpaired) electrons. The largest absolute Gasteiger partial charge is 0.398 e. The Morgan fingerprint density at radius 3 is 2.68 bits per heavy atom. The normalized spacial score (nSPS) is 19.5. The van der Waals surface area contributed by atoms with Crippen LogP contribution in [0.2, 0.25) is 0 Å². The van der Waals surface area contributed by atoms with E-state index in [2.05, 4.69) is 41.7 Å². The zero-order valence-electron chi connectivity index (χ0n) is 11.6. The average Bonchev–Trinajstić information content (AvgIpc) is 2.35. The van der Waals surface area contributed by atoms with Crippen molar-refractivity contribution in [3.05, 3.63) is 28.2 Å². The molecule has 1 aliphatic heterocycles. The number of nitrogens with two attached hydrogens (primary N) is 1. The van der Waals surface area contributed by atoms with E-state index in [-0.39, 0.29) is 11.4 Å². The van der Waals surface area contributed by atoms with Gasteiger partial charge in [-0.2, -0.15) is 0 Å². The molecule has 0 saturated carbocycles. The van der Waals surface area contributed by atoms with Crippen LogP contribution in [0.25, 0.3) is 0 Å². The summed E-state index contributed by atoms with van der Waals surface area (Å²) in [5.41, 5.74) is 7.07. The summed E-state index contributed by atoms with van der Waals surface area (Å²) in [4.78, 5) is 16.8.